The van der Waals surface area contributed by atoms with Gasteiger partial charge in [0.25, 0.3) is 0 Å². The molecule has 1 rings (SSSR count). The Morgan fingerprint density at radius 2 is 2.06 bits per heavy atom. The lowest BCUT2D eigenvalue weighted by molar-refractivity contribution is -0.148. The maximum atomic E-state index is 11.5. The van der Waals surface area contributed by atoms with Gasteiger partial charge in [0.15, 0.2) is 0 Å². The van der Waals surface area contributed by atoms with E-state index in [0.717, 1.165) is 19.3 Å². The minimum Gasteiger partial charge on any atom is -0.481 e. The van der Waals surface area contributed by atoms with Gasteiger partial charge >= 0.3 is 11.9 Å². The number of nitriles is 1. The molecule has 0 bridgehead atoms. The molecule has 0 unspecified atom stereocenters. The SMILES string of the molecule is COC(=O)[C@H](CC(=O)O)NC1(C#N)CCCCC1. The highest BCUT2D eigenvalue weighted by Gasteiger charge is 2.37. The molecular weight excluding hydrogens is 236 g/mol. The van der Waals surface area contributed by atoms with Gasteiger partial charge in [-0.3, -0.25) is 14.9 Å². The fourth-order valence-electron chi connectivity index (χ4n) is 2.29. The minimum atomic E-state index is -1.10. The van der Waals surface area contributed by atoms with Crippen molar-refractivity contribution in [2.75, 3.05) is 7.11 Å². The van der Waals surface area contributed by atoms with Crippen molar-refractivity contribution in [3.63, 3.8) is 0 Å². The van der Waals surface area contributed by atoms with Gasteiger partial charge in [-0.2, -0.15) is 5.26 Å². The van der Waals surface area contributed by atoms with E-state index in [9.17, 15) is 14.9 Å². The van der Waals surface area contributed by atoms with E-state index in [0.29, 0.717) is 12.8 Å². The number of nitrogens with zero attached hydrogens (tertiary/aromatic N) is 1. The van der Waals surface area contributed by atoms with Gasteiger partial charge < -0.3 is 9.84 Å². The summed E-state index contributed by atoms with van der Waals surface area (Å²) in [6.07, 6.45) is 3.76. The summed E-state index contributed by atoms with van der Waals surface area (Å²) in [6.45, 7) is 0. The van der Waals surface area contributed by atoms with E-state index in [1.54, 1.807) is 0 Å². The molecule has 0 aromatic carbocycles. The van der Waals surface area contributed by atoms with Gasteiger partial charge in [-0.05, 0) is 12.8 Å². The number of nitrogens with one attached hydrogen (secondary N) is 1. The van der Waals surface area contributed by atoms with Crippen molar-refractivity contribution in [1.29, 1.82) is 5.26 Å². The van der Waals surface area contributed by atoms with E-state index in [-0.39, 0.29) is 6.42 Å². The van der Waals surface area contributed by atoms with Gasteiger partial charge in [0, 0.05) is 0 Å². The molecule has 0 amide bonds. The molecule has 6 heteroatoms. The second-order valence-corrected chi connectivity index (χ2v) is 4.57. The third kappa shape index (κ3) is 3.70. The van der Waals surface area contributed by atoms with E-state index in [2.05, 4.69) is 16.1 Å². The number of ether oxygens (including phenoxy) is 1. The molecule has 1 aliphatic rings. The van der Waals surface area contributed by atoms with Crippen molar-refractivity contribution < 1.29 is 19.4 Å². The van der Waals surface area contributed by atoms with Crippen LogP contribution in [0.5, 0.6) is 0 Å². The van der Waals surface area contributed by atoms with Crippen LogP contribution in [0.15, 0.2) is 0 Å². The number of carbonyl (C=O) groups excluding carboxylic acids is 1. The topological polar surface area (TPSA) is 99.4 Å². The molecule has 18 heavy (non-hydrogen) atoms. The molecule has 1 saturated carbocycles. The highest BCUT2D eigenvalue weighted by molar-refractivity contribution is 5.82. The Hall–Kier alpha value is -1.61. The minimum absolute atomic E-state index is 0.379. The van der Waals surface area contributed by atoms with Gasteiger partial charge in [-0.25, -0.2) is 0 Å². The van der Waals surface area contributed by atoms with Crippen LogP contribution < -0.4 is 5.32 Å². The van der Waals surface area contributed by atoms with Crippen molar-refractivity contribution in [2.45, 2.75) is 50.1 Å². The summed E-state index contributed by atoms with van der Waals surface area (Å²) < 4.78 is 4.57. The van der Waals surface area contributed by atoms with E-state index in [4.69, 9.17) is 5.11 Å². The maximum absolute atomic E-state index is 11.5. The highest BCUT2D eigenvalue weighted by atomic mass is 16.5. The number of rotatable bonds is 5. The van der Waals surface area contributed by atoms with E-state index >= 15 is 0 Å². The molecule has 0 aromatic rings. The monoisotopic (exact) mass is 254 g/mol. The quantitative estimate of drug-likeness (QED) is 0.704. The van der Waals surface area contributed by atoms with Crippen LogP contribution in [-0.2, 0) is 14.3 Å². The molecule has 0 aliphatic heterocycles. The molecule has 0 saturated heterocycles. The van der Waals surface area contributed by atoms with Crippen LogP contribution in [-0.4, -0.2) is 35.7 Å². The van der Waals surface area contributed by atoms with Gasteiger partial charge in [-0.1, -0.05) is 19.3 Å². The number of aliphatic carboxylic acids is 1. The van der Waals surface area contributed by atoms with Crippen LogP contribution in [0, 0.1) is 11.3 Å². The lowest BCUT2D eigenvalue weighted by atomic mass is 9.82. The summed E-state index contributed by atoms with van der Waals surface area (Å²) in [7, 11) is 1.21. The Balaban J connectivity index is 2.77. The lowest BCUT2D eigenvalue weighted by Crippen LogP contribution is -2.54. The Bertz CT molecular complexity index is 356. The first-order valence-corrected chi connectivity index (χ1v) is 6.01. The molecule has 6 nitrogen and oxygen atoms in total. The van der Waals surface area contributed by atoms with Gasteiger partial charge in [0.05, 0.1) is 19.6 Å². The fourth-order valence-corrected chi connectivity index (χ4v) is 2.29. The largest absolute Gasteiger partial charge is 0.481 e. The van der Waals surface area contributed by atoms with Crippen LogP contribution in [0.25, 0.3) is 0 Å². The summed E-state index contributed by atoms with van der Waals surface area (Å²) in [5.41, 5.74) is -0.799. The average Bonchev–Trinajstić information content (AvgIpc) is 2.37. The molecular formula is C12H18N2O4. The van der Waals surface area contributed by atoms with Gasteiger partial charge in [-0.15, -0.1) is 0 Å². The van der Waals surface area contributed by atoms with E-state index in [1.165, 1.54) is 7.11 Å². The molecule has 1 atom stereocenters. The predicted octanol–water partition coefficient (Wildman–Crippen LogP) is 0.819. The maximum Gasteiger partial charge on any atom is 0.323 e. The fraction of sp³-hybridized carbons (Fsp3) is 0.750. The standard InChI is InChI=1S/C12H18N2O4/c1-18-11(17)9(7-10(15)16)14-12(8-13)5-3-2-4-6-12/h9,14H,2-7H2,1H3,(H,15,16)/t9-/m0/s1. The number of esters is 1. The first kappa shape index (κ1) is 14.5. The highest BCUT2D eigenvalue weighted by Crippen LogP contribution is 2.28. The summed E-state index contributed by atoms with van der Waals surface area (Å²) in [4.78, 5) is 22.3. The Morgan fingerprint density at radius 1 is 1.44 bits per heavy atom. The average molecular weight is 254 g/mol. The number of methoxy groups -OCH3 is 1. The van der Waals surface area contributed by atoms with Gasteiger partial charge in [0.1, 0.15) is 11.6 Å². The van der Waals surface area contributed by atoms with Crippen molar-refractivity contribution in [3.05, 3.63) is 0 Å². The Labute approximate surface area is 106 Å². The van der Waals surface area contributed by atoms with E-state index < -0.39 is 23.5 Å². The normalized spacial score (nSPS) is 19.6. The molecule has 0 heterocycles. The summed E-state index contributed by atoms with van der Waals surface area (Å²) in [6, 6.07) is 1.22. The van der Waals surface area contributed by atoms with Crippen molar-refractivity contribution >= 4 is 11.9 Å². The van der Waals surface area contributed by atoms with Crippen LogP contribution in [0.1, 0.15) is 38.5 Å². The Kier molecular flexibility index (Phi) is 5.10. The number of carboxylic acids is 1. The molecule has 100 valence electrons. The number of carboxylic acid groups (broad SMARTS) is 1. The number of hydrogen-bond acceptors (Lipinski definition) is 5. The zero-order valence-corrected chi connectivity index (χ0v) is 10.4. The lowest BCUT2D eigenvalue weighted by Gasteiger charge is -2.34. The molecule has 1 aliphatic carbocycles. The van der Waals surface area contributed by atoms with Crippen LogP contribution >= 0.6 is 0 Å². The van der Waals surface area contributed by atoms with E-state index in [1.807, 2.05) is 0 Å². The zero-order valence-electron chi connectivity index (χ0n) is 10.4. The van der Waals surface area contributed by atoms with Crippen molar-refractivity contribution in [2.24, 2.45) is 0 Å². The second kappa shape index (κ2) is 6.36. The predicted molar refractivity (Wildman–Crippen MR) is 62.6 cm³/mol. The summed E-state index contributed by atoms with van der Waals surface area (Å²) >= 11 is 0. The molecule has 0 aromatic heterocycles. The smallest absolute Gasteiger partial charge is 0.323 e. The molecule has 1 fully saturated rings. The van der Waals surface area contributed by atoms with Crippen molar-refractivity contribution in [3.8, 4) is 6.07 Å². The van der Waals surface area contributed by atoms with Crippen LogP contribution in [0.2, 0.25) is 0 Å². The molecule has 2 N–H and O–H groups in total. The molecule has 0 radical (unpaired) electrons. The second-order valence-electron chi connectivity index (χ2n) is 4.57. The summed E-state index contributed by atoms with van der Waals surface area (Å²) in [5, 5.41) is 20.9. The number of hydrogen-bond donors (Lipinski definition) is 2. The first-order valence-electron chi connectivity index (χ1n) is 6.01. The first-order chi connectivity index (χ1) is 8.53. The van der Waals surface area contributed by atoms with Crippen molar-refractivity contribution in [1.82, 2.24) is 5.32 Å². The van der Waals surface area contributed by atoms with Gasteiger partial charge in [0.2, 0.25) is 0 Å². The molecule has 0 spiro atoms. The third-order valence-electron chi connectivity index (χ3n) is 3.24. The van der Waals surface area contributed by atoms with Crippen LogP contribution in [0.3, 0.4) is 0 Å². The zero-order chi connectivity index (χ0) is 13.6. The summed E-state index contributed by atoms with van der Waals surface area (Å²) in [5.74, 6) is -1.74. The Morgan fingerprint density at radius 3 is 2.50 bits per heavy atom. The van der Waals surface area contributed by atoms with Crippen LogP contribution in [0.4, 0.5) is 0 Å². The number of carbonyl (C=O) groups is 2. The third-order valence-corrected chi connectivity index (χ3v) is 3.24.